The van der Waals surface area contributed by atoms with Crippen LogP contribution in [0.2, 0.25) is 5.02 Å². The van der Waals surface area contributed by atoms with Crippen molar-refractivity contribution < 1.29 is 13.2 Å². The molecular formula is C18H19ClN2O3S. The lowest BCUT2D eigenvalue weighted by Crippen LogP contribution is -2.45. The van der Waals surface area contributed by atoms with Crippen LogP contribution in [-0.4, -0.2) is 33.2 Å². The van der Waals surface area contributed by atoms with Crippen LogP contribution < -0.4 is 9.21 Å². The zero-order valence-corrected chi connectivity index (χ0v) is 15.6. The SMILES string of the molecule is C[C@@H]1Cc2ccccc2N1C(=O)CN(c1ccccc1Cl)S(C)(=O)=O. The Labute approximate surface area is 152 Å². The van der Waals surface area contributed by atoms with Gasteiger partial charge in [-0.3, -0.25) is 9.10 Å². The van der Waals surface area contributed by atoms with Crippen molar-refractivity contribution in [1.82, 2.24) is 0 Å². The predicted molar refractivity (Wildman–Crippen MR) is 101 cm³/mol. The van der Waals surface area contributed by atoms with Gasteiger partial charge in [-0.1, -0.05) is 41.9 Å². The fraction of sp³-hybridized carbons (Fsp3) is 0.278. The van der Waals surface area contributed by atoms with Gasteiger partial charge in [0.25, 0.3) is 0 Å². The van der Waals surface area contributed by atoms with E-state index in [1.54, 1.807) is 29.2 Å². The van der Waals surface area contributed by atoms with Gasteiger partial charge in [-0.2, -0.15) is 0 Å². The number of fused-ring (bicyclic) bond motifs is 1. The Morgan fingerprint density at radius 3 is 2.52 bits per heavy atom. The Kier molecular flexibility index (Phi) is 4.75. The Bertz CT molecular complexity index is 914. The number of benzene rings is 2. The van der Waals surface area contributed by atoms with Gasteiger partial charge >= 0.3 is 0 Å². The van der Waals surface area contributed by atoms with E-state index >= 15 is 0 Å². The first kappa shape index (κ1) is 17.8. The largest absolute Gasteiger partial charge is 0.307 e. The Hall–Kier alpha value is -2.05. The molecule has 0 saturated heterocycles. The third kappa shape index (κ3) is 3.50. The molecule has 1 heterocycles. The second-order valence-corrected chi connectivity index (χ2v) is 8.48. The molecular weight excluding hydrogens is 360 g/mol. The van der Waals surface area contributed by atoms with Crippen molar-refractivity contribution in [2.24, 2.45) is 0 Å². The van der Waals surface area contributed by atoms with Crippen LogP contribution in [0.5, 0.6) is 0 Å². The van der Waals surface area contributed by atoms with Crippen molar-refractivity contribution in [1.29, 1.82) is 0 Å². The summed E-state index contributed by atoms with van der Waals surface area (Å²) in [5.41, 5.74) is 2.24. The van der Waals surface area contributed by atoms with Gasteiger partial charge in [0.15, 0.2) is 0 Å². The van der Waals surface area contributed by atoms with Crippen LogP contribution in [-0.2, 0) is 21.2 Å². The summed E-state index contributed by atoms with van der Waals surface area (Å²) in [6, 6.07) is 14.3. The number of hydrogen-bond donors (Lipinski definition) is 0. The maximum atomic E-state index is 12.9. The first-order valence-electron chi connectivity index (χ1n) is 7.91. The molecule has 132 valence electrons. The monoisotopic (exact) mass is 378 g/mol. The highest BCUT2D eigenvalue weighted by Gasteiger charge is 2.33. The number of nitrogens with zero attached hydrogens (tertiary/aromatic N) is 2. The second-order valence-electron chi connectivity index (χ2n) is 6.17. The smallest absolute Gasteiger partial charge is 0.248 e. The van der Waals surface area contributed by atoms with Crippen LogP contribution in [0.15, 0.2) is 48.5 Å². The van der Waals surface area contributed by atoms with Crippen molar-refractivity contribution in [3.8, 4) is 0 Å². The molecule has 3 rings (SSSR count). The maximum Gasteiger partial charge on any atom is 0.248 e. The Morgan fingerprint density at radius 2 is 1.84 bits per heavy atom. The zero-order valence-electron chi connectivity index (χ0n) is 14.0. The number of para-hydroxylation sites is 2. The lowest BCUT2D eigenvalue weighted by molar-refractivity contribution is -0.117. The highest BCUT2D eigenvalue weighted by molar-refractivity contribution is 7.92. The fourth-order valence-corrected chi connectivity index (χ4v) is 4.33. The van der Waals surface area contributed by atoms with Crippen molar-refractivity contribution in [3.05, 3.63) is 59.1 Å². The van der Waals surface area contributed by atoms with E-state index in [2.05, 4.69) is 0 Å². The van der Waals surface area contributed by atoms with Gasteiger partial charge in [-0.25, -0.2) is 8.42 Å². The first-order valence-corrected chi connectivity index (χ1v) is 10.1. The van der Waals surface area contributed by atoms with E-state index in [9.17, 15) is 13.2 Å². The third-order valence-corrected chi connectivity index (χ3v) is 5.72. The van der Waals surface area contributed by atoms with Crippen molar-refractivity contribution in [2.45, 2.75) is 19.4 Å². The summed E-state index contributed by atoms with van der Waals surface area (Å²) >= 11 is 6.15. The normalized spacial score (nSPS) is 16.6. The number of amides is 1. The predicted octanol–water partition coefficient (Wildman–Crippen LogP) is 3.08. The minimum Gasteiger partial charge on any atom is -0.307 e. The van der Waals surface area contributed by atoms with E-state index in [0.29, 0.717) is 5.69 Å². The molecule has 1 aliphatic rings. The van der Waals surface area contributed by atoms with E-state index in [1.807, 2.05) is 31.2 Å². The molecule has 0 unspecified atom stereocenters. The Balaban J connectivity index is 1.94. The Morgan fingerprint density at radius 1 is 1.20 bits per heavy atom. The van der Waals surface area contributed by atoms with Gasteiger partial charge in [0.1, 0.15) is 6.54 Å². The molecule has 25 heavy (non-hydrogen) atoms. The zero-order chi connectivity index (χ0) is 18.2. The minimum absolute atomic E-state index is 0.0162. The molecule has 0 aliphatic carbocycles. The van der Waals surface area contributed by atoms with E-state index in [0.717, 1.165) is 28.2 Å². The maximum absolute atomic E-state index is 12.9. The summed E-state index contributed by atoms with van der Waals surface area (Å²) in [6.07, 6.45) is 1.83. The summed E-state index contributed by atoms with van der Waals surface area (Å²) in [4.78, 5) is 14.6. The standard InChI is InChI=1S/C18H19ClN2O3S/c1-13-11-14-7-3-5-9-16(14)21(13)18(22)12-20(25(2,23)24)17-10-6-4-8-15(17)19/h3-10,13H,11-12H2,1-2H3/t13-/m1/s1. The van der Waals surface area contributed by atoms with Gasteiger partial charge in [0.05, 0.1) is 17.0 Å². The highest BCUT2D eigenvalue weighted by Crippen LogP contribution is 2.33. The first-order chi connectivity index (χ1) is 11.8. The average Bonchev–Trinajstić information content (AvgIpc) is 2.88. The van der Waals surface area contributed by atoms with Crippen molar-refractivity contribution >= 4 is 38.9 Å². The third-order valence-electron chi connectivity index (χ3n) is 4.28. The molecule has 7 heteroatoms. The molecule has 0 fully saturated rings. The fourth-order valence-electron chi connectivity index (χ4n) is 3.18. The molecule has 0 saturated carbocycles. The van der Waals surface area contributed by atoms with E-state index in [1.165, 1.54) is 0 Å². The summed E-state index contributed by atoms with van der Waals surface area (Å²) < 4.78 is 25.6. The average molecular weight is 379 g/mol. The van der Waals surface area contributed by atoms with Crippen LogP contribution in [0.3, 0.4) is 0 Å². The van der Waals surface area contributed by atoms with Crippen LogP contribution in [0.1, 0.15) is 12.5 Å². The lowest BCUT2D eigenvalue weighted by Gasteiger charge is -2.28. The number of sulfonamides is 1. The summed E-state index contributed by atoms with van der Waals surface area (Å²) in [5, 5.41) is 0.288. The molecule has 0 spiro atoms. The number of rotatable bonds is 4. The number of halogens is 1. The molecule has 0 N–H and O–H groups in total. The number of hydrogen-bond acceptors (Lipinski definition) is 3. The van der Waals surface area contributed by atoms with Crippen LogP contribution in [0.4, 0.5) is 11.4 Å². The number of carbonyl (C=O) groups excluding carboxylic acids is 1. The van der Waals surface area contributed by atoms with Crippen molar-refractivity contribution in [3.63, 3.8) is 0 Å². The molecule has 1 amide bonds. The van der Waals surface area contributed by atoms with Crippen LogP contribution in [0.25, 0.3) is 0 Å². The second kappa shape index (κ2) is 6.69. The summed E-state index contributed by atoms with van der Waals surface area (Å²) in [6.45, 7) is 1.67. The van der Waals surface area contributed by atoms with E-state index < -0.39 is 10.0 Å². The molecule has 2 aromatic rings. The van der Waals surface area contributed by atoms with Gasteiger partial charge in [-0.05, 0) is 37.1 Å². The van der Waals surface area contributed by atoms with Gasteiger partial charge in [0, 0.05) is 11.7 Å². The molecule has 2 aromatic carbocycles. The van der Waals surface area contributed by atoms with Crippen molar-refractivity contribution in [2.75, 3.05) is 22.0 Å². The van der Waals surface area contributed by atoms with Crippen LogP contribution in [0, 0.1) is 0 Å². The topological polar surface area (TPSA) is 57.7 Å². The molecule has 1 aliphatic heterocycles. The number of anilines is 2. The molecule has 0 bridgehead atoms. The molecule has 0 aromatic heterocycles. The molecule has 0 radical (unpaired) electrons. The van der Waals surface area contributed by atoms with Gasteiger partial charge in [0.2, 0.25) is 15.9 Å². The van der Waals surface area contributed by atoms with Gasteiger partial charge in [-0.15, -0.1) is 0 Å². The van der Waals surface area contributed by atoms with Gasteiger partial charge < -0.3 is 4.90 Å². The summed E-state index contributed by atoms with van der Waals surface area (Å²) in [5.74, 6) is -0.275. The highest BCUT2D eigenvalue weighted by atomic mass is 35.5. The minimum atomic E-state index is -3.66. The lowest BCUT2D eigenvalue weighted by atomic mass is 10.1. The van der Waals surface area contributed by atoms with E-state index in [4.69, 9.17) is 11.6 Å². The molecule has 1 atom stereocenters. The molecule has 5 nitrogen and oxygen atoms in total. The quantitative estimate of drug-likeness (QED) is 0.821. The van der Waals surface area contributed by atoms with Crippen LogP contribution >= 0.6 is 11.6 Å². The van der Waals surface area contributed by atoms with E-state index in [-0.39, 0.29) is 23.5 Å². The number of carbonyl (C=O) groups is 1. The summed E-state index contributed by atoms with van der Waals surface area (Å²) in [7, 11) is -3.66.